The largest absolute Gasteiger partial charge is 0.481 e. The van der Waals surface area contributed by atoms with Gasteiger partial charge >= 0.3 is 35.8 Å². The number of H-pyrrole nitrogens is 1. The molecule has 1 aromatic heterocycles. The molecule has 0 aliphatic heterocycles. The minimum atomic E-state index is -2.26. The number of aromatic amines is 1. The molecule has 42 N–H and O–H groups in total. The third-order valence-electron chi connectivity index (χ3n) is 21.4. The van der Waals surface area contributed by atoms with Crippen LogP contribution in [0.3, 0.4) is 0 Å². The number of thiol groups is 1. The number of aliphatic carboxylic acids is 6. The summed E-state index contributed by atoms with van der Waals surface area (Å²) in [6, 6.07) is -31.4. The summed E-state index contributed by atoms with van der Waals surface area (Å²) in [4.78, 5) is 343. The van der Waals surface area contributed by atoms with E-state index < -0.39 is 366 Å². The van der Waals surface area contributed by atoms with Crippen LogP contribution in [0.5, 0.6) is 0 Å². The zero-order chi connectivity index (χ0) is 111. The van der Waals surface area contributed by atoms with Crippen molar-refractivity contribution in [2.45, 2.75) is 291 Å². The van der Waals surface area contributed by atoms with Crippen molar-refractivity contribution in [3.05, 3.63) is 18.2 Å². The first-order valence-electron chi connectivity index (χ1n) is 46.9. The van der Waals surface area contributed by atoms with E-state index in [0.717, 1.165) is 0 Å². The first-order chi connectivity index (χ1) is 69.1. The van der Waals surface area contributed by atoms with Crippen LogP contribution < -0.4 is 136 Å². The summed E-state index contributed by atoms with van der Waals surface area (Å²) >= 11 is 4.01. The van der Waals surface area contributed by atoms with E-state index >= 15 is 0 Å². The van der Waals surface area contributed by atoms with E-state index in [4.69, 9.17) is 45.5 Å². The standard InChI is InChI=1S/C85H142N28O33S/c1-40(2)28-52(76(137)106-51(84(145)146)14-7-10-26-88)98-62(118)35-96-69(130)47(16-20-63(119)120)102-79(140)55(31-60(90)116)110-75(136)50(19-23-66(125)126)105-82(143)58(36-114)113-83(144)59(37-115)112-77(138)53(29-41(3)4)108-71(132)45(13-6-9-25-87)101-81(142)57(33-67(127)128)111-80(141)56(32-61(91)117)109-72(133)44(12-5-8-24-86)99-73(134)48(17-21-64(121)122)103-70(131)46(15-11-27-95-85(92)93)100-74(135)49(18-22-65(123)124)104-78(139)54(30-42-34-94-39-97-42)107-68(129)43(89)38-147/h34,39-41,43-59,114-115,147H,5-33,35-38,86-89H2,1-4H3,(H2,90,116)(H2,91,117)(H,94,97)(H,96,130)(H,98,118)(H,99,134)(H,100,135)(H,101,142)(H,102,140)(H,103,131)(H,104,139)(H,105,143)(H,106,137)(H,107,129)(H,108,132)(H,109,133)(H,110,136)(H,111,141)(H,112,138)(H,113,144)(H,119,120)(H,121,122)(H,123,124)(H,125,126)(H,127,128)(H,145,146)(H4,92,93,95)/t43-,44-,45-,46-,47-,48-,49-,50-,51-,52-,53-,54-,55-,56-,57-,58-,59-/m0/s1. The minimum absolute atomic E-state index is 0.00826. The lowest BCUT2D eigenvalue weighted by Gasteiger charge is -2.28. The van der Waals surface area contributed by atoms with E-state index in [1.54, 1.807) is 27.7 Å². The number of amides is 19. The van der Waals surface area contributed by atoms with Crippen LogP contribution in [-0.2, 0) is 126 Å². The van der Waals surface area contributed by atoms with E-state index in [9.17, 15) is 161 Å². The molecule has 1 aromatic rings. The molecule has 1 rings (SSSR count). The first-order valence-corrected chi connectivity index (χ1v) is 47.5. The number of rotatable bonds is 78. The molecule has 0 saturated heterocycles. The van der Waals surface area contributed by atoms with Gasteiger partial charge in [0.15, 0.2) is 5.96 Å². The van der Waals surface area contributed by atoms with Crippen LogP contribution >= 0.6 is 12.6 Å². The van der Waals surface area contributed by atoms with Crippen LogP contribution in [0.15, 0.2) is 12.5 Å². The predicted octanol–water partition coefficient (Wildman–Crippen LogP) is -13.4. The molecule has 147 heavy (non-hydrogen) atoms. The Balaban J connectivity index is 3.73. The van der Waals surface area contributed by atoms with Crippen molar-refractivity contribution in [3.8, 4) is 0 Å². The number of aromatic nitrogens is 2. The van der Waals surface area contributed by atoms with E-state index in [1.165, 1.54) is 12.5 Å². The molecular formula is C85H142N28O33S. The summed E-state index contributed by atoms with van der Waals surface area (Å²) in [5.41, 5.74) is 39.5. The molecule has 0 fully saturated rings. The molecule has 0 aliphatic carbocycles. The summed E-state index contributed by atoms with van der Waals surface area (Å²) < 4.78 is 0. The number of hydrogen-bond acceptors (Lipinski definition) is 34. The van der Waals surface area contributed by atoms with Gasteiger partial charge < -0.3 is 182 Å². The van der Waals surface area contributed by atoms with Crippen LogP contribution in [0.4, 0.5) is 0 Å². The monoisotopic (exact) mass is 2120 g/mol. The molecule has 0 aliphatic rings. The zero-order valence-corrected chi connectivity index (χ0v) is 82.6. The van der Waals surface area contributed by atoms with Gasteiger partial charge in [-0.1, -0.05) is 27.7 Å². The molecular weight excluding hydrogens is 1970 g/mol. The quantitative estimate of drug-likeness (QED) is 0.0125. The number of carbonyl (C=O) groups excluding carboxylic acids is 19. The molecule has 61 nitrogen and oxygen atoms in total. The van der Waals surface area contributed by atoms with Crippen LogP contribution in [0, 0.1) is 17.2 Å². The molecule has 1 heterocycles. The fourth-order valence-electron chi connectivity index (χ4n) is 13.8. The Hall–Kier alpha value is -14.7. The van der Waals surface area contributed by atoms with Crippen molar-refractivity contribution < 1.29 is 161 Å². The number of hydrogen-bond donors (Lipinski definition) is 36. The van der Waals surface area contributed by atoms with E-state index in [1.807, 2.05) is 5.32 Å². The normalized spacial score (nSPS) is 14.5. The molecule has 17 atom stereocenters. The molecule has 0 aromatic carbocycles. The maximum Gasteiger partial charge on any atom is 0.326 e. The van der Waals surface area contributed by atoms with Crippen molar-refractivity contribution in [3.63, 3.8) is 0 Å². The second-order valence-corrected chi connectivity index (χ2v) is 35.2. The highest BCUT2D eigenvalue weighted by molar-refractivity contribution is 7.80. The van der Waals surface area contributed by atoms with E-state index in [-0.39, 0.29) is 102 Å². The van der Waals surface area contributed by atoms with Crippen molar-refractivity contribution >= 4 is 167 Å². The molecule has 62 heteroatoms. The van der Waals surface area contributed by atoms with Crippen LogP contribution in [0.2, 0.25) is 0 Å². The maximum atomic E-state index is 14.5. The van der Waals surface area contributed by atoms with Gasteiger partial charge in [-0.2, -0.15) is 12.6 Å². The number of aliphatic hydroxyl groups excluding tert-OH is 2. The van der Waals surface area contributed by atoms with Gasteiger partial charge in [-0.15, -0.1) is 0 Å². The highest BCUT2D eigenvalue weighted by atomic mass is 32.1. The number of guanidine groups is 1. The molecule has 0 radical (unpaired) electrons. The lowest BCUT2D eigenvalue weighted by atomic mass is 10.0. The Bertz CT molecular complexity index is 4630. The number of carboxylic acids is 6. The second-order valence-electron chi connectivity index (χ2n) is 34.8. The number of imidazole rings is 1. The number of unbranched alkanes of at least 4 members (excludes halogenated alkanes) is 3. The molecule has 0 unspecified atom stereocenters. The molecule has 19 amide bonds. The van der Waals surface area contributed by atoms with Crippen molar-refractivity contribution in [1.82, 2.24) is 106 Å². The smallest absolute Gasteiger partial charge is 0.326 e. The average molecular weight is 2120 g/mol. The second kappa shape index (κ2) is 70.2. The van der Waals surface area contributed by atoms with Gasteiger partial charge in [0.1, 0.15) is 96.7 Å². The fraction of sp³-hybridized carbons (Fsp3) is 0.659. The van der Waals surface area contributed by atoms with Gasteiger partial charge in [-0.05, 0) is 141 Å². The third-order valence-corrected chi connectivity index (χ3v) is 21.8. The molecule has 0 saturated carbocycles. The highest BCUT2D eigenvalue weighted by Crippen LogP contribution is 2.16. The van der Waals surface area contributed by atoms with Crippen molar-refractivity contribution in [2.75, 3.05) is 51.7 Å². The SMILES string of the molecule is CC(C)C[C@H](NC(=O)CNC(=O)[C@H](CCC(=O)O)NC(=O)[C@H](CC(N)=O)NC(=O)[C@H](CCC(=O)O)NC(=O)[C@H](CO)NC(=O)[C@H](CO)NC(=O)[C@H](CC(C)C)NC(=O)[C@H](CCCCN)NC(=O)[C@H](CC(=O)O)NC(=O)[C@H](CC(N)=O)NC(=O)[C@H](CCCCN)NC(=O)[C@H](CCC(=O)O)NC(=O)[C@H](CCCNC(=N)N)NC(=O)[C@H](CCC(=O)O)NC(=O)[C@H](Cc1cnc[nH]1)NC(=O)[C@@H](N)CS)C(=O)N[C@@H](CCCCN)C(=O)O. The van der Waals surface area contributed by atoms with Gasteiger partial charge in [0.05, 0.1) is 51.4 Å². The van der Waals surface area contributed by atoms with Crippen LogP contribution in [0.25, 0.3) is 0 Å². The summed E-state index contributed by atoms with van der Waals surface area (Å²) in [6.07, 6.45) is -8.53. The average Bonchev–Trinajstić information content (AvgIpc) is 1.65. The number of carboxylic acid groups (broad SMARTS) is 6. The van der Waals surface area contributed by atoms with Crippen LogP contribution in [-0.4, -0.2) is 359 Å². The molecule has 826 valence electrons. The van der Waals surface area contributed by atoms with Gasteiger partial charge in [-0.3, -0.25) is 120 Å². The Morgan fingerprint density at radius 1 is 0.340 bits per heavy atom. The first kappa shape index (κ1) is 130. The van der Waals surface area contributed by atoms with E-state index in [2.05, 4.69) is 113 Å². The Kier molecular flexibility index (Phi) is 62.2. The fourth-order valence-corrected chi connectivity index (χ4v) is 13.9. The number of aliphatic hydroxyl groups is 2. The number of nitrogens with zero attached hydrogens (tertiary/aromatic N) is 1. The van der Waals surface area contributed by atoms with Gasteiger partial charge in [0, 0.05) is 56.3 Å². The zero-order valence-electron chi connectivity index (χ0n) is 81.7. The van der Waals surface area contributed by atoms with Gasteiger partial charge in [0.25, 0.3) is 0 Å². The Labute approximate surface area is 847 Å². The highest BCUT2D eigenvalue weighted by Gasteiger charge is 2.41. The van der Waals surface area contributed by atoms with Crippen molar-refractivity contribution in [2.24, 2.45) is 52.0 Å². The number of primary amides is 2. The summed E-state index contributed by atoms with van der Waals surface area (Å²) in [7, 11) is 0. The lowest BCUT2D eigenvalue weighted by molar-refractivity contribution is -0.142. The number of carbonyl (C=O) groups is 25. The third kappa shape index (κ3) is 54.2. The number of nitrogens with one attached hydrogen (secondary N) is 20. The Morgan fingerprint density at radius 2 is 0.619 bits per heavy atom. The molecule has 0 spiro atoms. The summed E-state index contributed by atoms with van der Waals surface area (Å²) in [6.45, 7) is 2.82. The van der Waals surface area contributed by atoms with Gasteiger partial charge in [0.2, 0.25) is 112 Å². The Morgan fingerprint density at radius 3 is 0.925 bits per heavy atom. The van der Waals surface area contributed by atoms with Crippen LogP contribution in [0.1, 0.15) is 187 Å². The molecule has 0 bridgehead atoms. The lowest BCUT2D eigenvalue weighted by Crippen LogP contribution is -2.62. The van der Waals surface area contributed by atoms with E-state index in [0.29, 0.717) is 18.5 Å². The maximum absolute atomic E-state index is 14.5. The minimum Gasteiger partial charge on any atom is -0.481 e. The predicted molar refractivity (Wildman–Crippen MR) is 514 cm³/mol. The topological polar surface area (TPSA) is 1040 Å². The summed E-state index contributed by atoms with van der Waals surface area (Å²) in [5.74, 6) is -35.1. The summed E-state index contributed by atoms with van der Waals surface area (Å²) in [5, 5.41) is 128. The number of nitrogens with two attached hydrogens (primary N) is 7. The van der Waals surface area contributed by atoms with Crippen molar-refractivity contribution in [1.29, 1.82) is 5.41 Å². The van der Waals surface area contributed by atoms with Gasteiger partial charge in [-0.25, -0.2) is 9.78 Å².